The zero-order chi connectivity index (χ0) is 12.9. The summed E-state index contributed by atoms with van der Waals surface area (Å²) in [6.07, 6.45) is 0.771. The lowest BCUT2D eigenvalue weighted by Crippen LogP contribution is -2.33. The van der Waals surface area contributed by atoms with Crippen LogP contribution in [0.15, 0.2) is 4.52 Å². The van der Waals surface area contributed by atoms with Crippen molar-refractivity contribution in [2.45, 2.75) is 40.7 Å². The highest BCUT2D eigenvalue weighted by molar-refractivity contribution is 4.85. The molecule has 0 aliphatic carbocycles. The molecule has 0 aliphatic rings. The molecule has 0 bridgehead atoms. The molecule has 0 radical (unpaired) electrons. The number of aryl methyl sites for hydroxylation is 1. The Bertz CT molecular complexity index is 331. The van der Waals surface area contributed by atoms with Gasteiger partial charge >= 0.3 is 0 Å². The Kier molecular flexibility index (Phi) is 5.08. The first-order valence-corrected chi connectivity index (χ1v) is 6.03. The van der Waals surface area contributed by atoms with E-state index < -0.39 is 0 Å². The molecule has 0 fully saturated rings. The third-order valence-electron chi connectivity index (χ3n) is 2.27. The minimum atomic E-state index is 0.214. The minimum Gasteiger partial charge on any atom is -0.396 e. The van der Waals surface area contributed by atoms with E-state index in [1.807, 2.05) is 0 Å². The van der Waals surface area contributed by atoms with Crippen molar-refractivity contribution < 1.29 is 9.63 Å². The van der Waals surface area contributed by atoms with Crippen LogP contribution in [-0.4, -0.2) is 39.8 Å². The number of aliphatic hydroxyl groups excluding tert-OH is 1. The summed E-state index contributed by atoms with van der Waals surface area (Å²) in [5.74, 6) is 1.31. The summed E-state index contributed by atoms with van der Waals surface area (Å²) in [7, 11) is 0. The van der Waals surface area contributed by atoms with Gasteiger partial charge in [0.05, 0.1) is 6.54 Å². The van der Waals surface area contributed by atoms with Crippen LogP contribution in [0.1, 0.15) is 38.9 Å². The lowest BCUT2D eigenvalue weighted by Gasteiger charge is -2.28. The van der Waals surface area contributed by atoms with Crippen LogP contribution in [0.4, 0.5) is 0 Å². The van der Waals surface area contributed by atoms with Crippen molar-refractivity contribution in [2.24, 2.45) is 5.41 Å². The normalized spacial score (nSPS) is 12.4. The summed E-state index contributed by atoms with van der Waals surface area (Å²) in [6, 6.07) is 0. The standard InChI is InChI=1S/C12H23N3O2/c1-10-13-11(14-17-10)8-15(6-5-7-16)9-12(2,3)4/h16H,5-9H2,1-4H3. The van der Waals surface area contributed by atoms with E-state index in [4.69, 9.17) is 9.63 Å². The van der Waals surface area contributed by atoms with Crippen molar-refractivity contribution in [3.8, 4) is 0 Å². The van der Waals surface area contributed by atoms with Gasteiger partial charge in [-0.2, -0.15) is 4.98 Å². The van der Waals surface area contributed by atoms with Crippen LogP contribution in [0.2, 0.25) is 0 Å². The smallest absolute Gasteiger partial charge is 0.223 e. The quantitative estimate of drug-likeness (QED) is 0.819. The van der Waals surface area contributed by atoms with Gasteiger partial charge in [0.25, 0.3) is 0 Å². The number of rotatable bonds is 6. The predicted molar refractivity (Wildman–Crippen MR) is 65.5 cm³/mol. The van der Waals surface area contributed by atoms with E-state index in [0.717, 1.165) is 19.5 Å². The molecule has 17 heavy (non-hydrogen) atoms. The first kappa shape index (κ1) is 14.1. The number of hydrogen-bond donors (Lipinski definition) is 1. The number of aromatic nitrogens is 2. The summed E-state index contributed by atoms with van der Waals surface area (Å²) in [5, 5.41) is 12.8. The lowest BCUT2D eigenvalue weighted by atomic mass is 9.96. The average Bonchev–Trinajstić information content (AvgIpc) is 2.58. The first-order valence-electron chi connectivity index (χ1n) is 6.03. The molecule has 1 N–H and O–H groups in total. The summed E-state index contributed by atoms with van der Waals surface area (Å²) in [4.78, 5) is 6.46. The number of hydrogen-bond acceptors (Lipinski definition) is 5. The number of nitrogens with zero attached hydrogens (tertiary/aromatic N) is 3. The molecule has 0 unspecified atom stereocenters. The molecule has 1 aromatic heterocycles. The van der Waals surface area contributed by atoms with Crippen molar-refractivity contribution in [2.75, 3.05) is 19.7 Å². The van der Waals surface area contributed by atoms with E-state index in [9.17, 15) is 0 Å². The average molecular weight is 241 g/mol. The van der Waals surface area contributed by atoms with E-state index in [2.05, 4.69) is 35.8 Å². The molecule has 0 amide bonds. The maximum atomic E-state index is 8.91. The second-order valence-corrected chi connectivity index (χ2v) is 5.58. The SMILES string of the molecule is Cc1nc(CN(CCCO)CC(C)(C)C)no1. The van der Waals surface area contributed by atoms with Crippen molar-refractivity contribution in [3.05, 3.63) is 11.7 Å². The van der Waals surface area contributed by atoms with Gasteiger partial charge in [0, 0.05) is 26.6 Å². The maximum Gasteiger partial charge on any atom is 0.223 e. The molecular weight excluding hydrogens is 218 g/mol. The van der Waals surface area contributed by atoms with Crippen LogP contribution in [0.3, 0.4) is 0 Å². The third kappa shape index (κ3) is 5.79. The Morgan fingerprint density at radius 3 is 2.53 bits per heavy atom. The van der Waals surface area contributed by atoms with Crippen LogP contribution < -0.4 is 0 Å². The van der Waals surface area contributed by atoms with Crippen molar-refractivity contribution in [1.82, 2.24) is 15.0 Å². The number of aliphatic hydroxyl groups is 1. The molecule has 5 heteroatoms. The molecule has 0 aliphatic heterocycles. The van der Waals surface area contributed by atoms with Gasteiger partial charge in [-0.05, 0) is 11.8 Å². The fourth-order valence-electron chi connectivity index (χ4n) is 1.78. The van der Waals surface area contributed by atoms with Crippen molar-refractivity contribution in [1.29, 1.82) is 0 Å². The first-order chi connectivity index (χ1) is 7.90. The fraction of sp³-hybridized carbons (Fsp3) is 0.833. The van der Waals surface area contributed by atoms with Crippen LogP contribution in [0.25, 0.3) is 0 Å². The zero-order valence-electron chi connectivity index (χ0n) is 11.2. The van der Waals surface area contributed by atoms with Gasteiger partial charge in [0.2, 0.25) is 5.89 Å². The van der Waals surface area contributed by atoms with E-state index in [1.54, 1.807) is 6.92 Å². The molecule has 1 rings (SSSR count). The molecule has 1 heterocycles. The Balaban J connectivity index is 2.56. The molecule has 5 nitrogen and oxygen atoms in total. The highest BCUT2D eigenvalue weighted by Gasteiger charge is 2.18. The molecule has 0 aromatic carbocycles. The Morgan fingerprint density at radius 2 is 2.06 bits per heavy atom. The molecular formula is C12H23N3O2. The van der Waals surface area contributed by atoms with Crippen LogP contribution in [0.5, 0.6) is 0 Å². The van der Waals surface area contributed by atoms with E-state index in [0.29, 0.717) is 18.3 Å². The summed E-state index contributed by atoms with van der Waals surface area (Å²) < 4.78 is 4.96. The van der Waals surface area contributed by atoms with Crippen molar-refractivity contribution >= 4 is 0 Å². The van der Waals surface area contributed by atoms with Crippen LogP contribution >= 0.6 is 0 Å². The van der Waals surface area contributed by atoms with Gasteiger partial charge in [-0.3, -0.25) is 4.90 Å². The second kappa shape index (κ2) is 6.12. The van der Waals surface area contributed by atoms with Gasteiger partial charge in [0.1, 0.15) is 0 Å². The molecule has 0 spiro atoms. The molecule has 0 atom stereocenters. The van der Waals surface area contributed by atoms with Gasteiger partial charge in [-0.15, -0.1) is 0 Å². The molecule has 98 valence electrons. The highest BCUT2D eigenvalue weighted by atomic mass is 16.5. The Hall–Kier alpha value is -0.940. The largest absolute Gasteiger partial charge is 0.396 e. The maximum absolute atomic E-state index is 8.91. The zero-order valence-corrected chi connectivity index (χ0v) is 11.2. The molecule has 0 saturated carbocycles. The van der Waals surface area contributed by atoms with E-state index in [1.165, 1.54) is 0 Å². The Morgan fingerprint density at radius 1 is 1.35 bits per heavy atom. The summed E-state index contributed by atoms with van der Waals surface area (Å²) >= 11 is 0. The second-order valence-electron chi connectivity index (χ2n) is 5.58. The van der Waals surface area contributed by atoms with Crippen LogP contribution in [0, 0.1) is 12.3 Å². The highest BCUT2D eigenvalue weighted by Crippen LogP contribution is 2.16. The summed E-state index contributed by atoms with van der Waals surface area (Å²) in [6.45, 7) is 11.1. The fourth-order valence-corrected chi connectivity index (χ4v) is 1.78. The minimum absolute atomic E-state index is 0.214. The van der Waals surface area contributed by atoms with Crippen LogP contribution in [-0.2, 0) is 6.54 Å². The topological polar surface area (TPSA) is 62.4 Å². The predicted octanol–water partition coefficient (Wildman–Crippen LogP) is 1.61. The lowest BCUT2D eigenvalue weighted by molar-refractivity contribution is 0.161. The summed E-state index contributed by atoms with van der Waals surface area (Å²) in [5.41, 5.74) is 0.217. The van der Waals surface area contributed by atoms with E-state index in [-0.39, 0.29) is 12.0 Å². The van der Waals surface area contributed by atoms with Gasteiger partial charge in [-0.25, -0.2) is 0 Å². The van der Waals surface area contributed by atoms with Gasteiger partial charge in [0.15, 0.2) is 5.82 Å². The van der Waals surface area contributed by atoms with Crippen molar-refractivity contribution in [3.63, 3.8) is 0 Å². The monoisotopic (exact) mass is 241 g/mol. The van der Waals surface area contributed by atoms with E-state index >= 15 is 0 Å². The molecule has 0 saturated heterocycles. The third-order valence-corrected chi connectivity index (χ3v) is 2.27. The van der Waals surface area contributed by atoms with Gasteiger partial charge < -0.3 is 9.63 Å². The van der Waals surface area contributed by atoms with Gasteiger partial charge in [-0.1, -0.05) is 25.9 Å². The molecule has 1 aromatic rings. The Labute approximate surface area is 103 Å².